The van der Waals surface area contributed by atoms with Crippen molar-refractivity contribution in [2.75, 3.05) is 0 Å². The number of amides is 1. The Morgan fingerprint density at radius 3 is 2.15 bits per heavy atom. The maximum Gasteiger partial charge on any atom is 0.352 e. The van der Waals surface area contributed by atoms with Crippen LogP contribution in [0.15, 0.2) is 23.4 Å². The summed E-state index contributed by atoms with van der Waals surface area (Å²) in [6.07, 6.45) is 2.67. The smallest absolute Gasteiger partial charge is 0.352 e. The van der Waals surface area contributed by atoms with Crippen LogP contribution in [-0.4, -0.2) is 17.0 Å². The first-order valence-electron chi connectivity index (χ1n) is 3.83. The van der Waals surface area contributed by atoms with Crippen molar-refractivity contribution < 1.29 is 14.7 Å². The summed E-state index contributed by atoms with van der Waals surface area (Å²) in [7, 11) is 0. The summed E-state index contributed by atoms with van der Waals surface area (Å²) < 4.78 is 0. The molecule has 0 radical (unpaired) electrons. The van der Waals surface area contributed by atoms with Crippen molar-refractivity contribution in [3.8, 4) is 0 Å². The van der Waals surface area contributed by atoms with Gasteiger partial charge in [0.15, 0.2) is 0 Å². The molecular formula is C9H13NO3. The second kappa shape index (κ2) is 5.13. The molecule has 0 saturated heterocycles. The molecule has 0 aliphatic carbocycles. The number of carboxylic acid groups (broad SMARTS) is 1. The molecule has 0 aromatic carbocycles. The fourth-order valence-corrected chi connectivity index (χ4v) is 0.680. The van der Waals surface area contributed by atoms with Crippen LogP contribution in [0.2, 0.25) is 0 Å². The molecule has 0 aliphatic rings. The molecule has 0 saturated carbocycles. The fraction of sp³-hybridized carbons (Fsp3) is 0.333. The summed E-state index contributed by atoms with van der Waals surface area (Å²) in [6, 6.07) is 0. The van der Waals surface area contributed by atoms with Gasteiger partial charge in [0.25, 0.3) is 0 Å². The molecule has 0 spiro atoms. The third-order valence-electron chi connectivity index (χ3n) is 1.20. The van der Waals surface area contributed by atoms with E-state index in [-0.39, 0.29) is 5.70 Å². The lowest BCUT2D eigenvalue weighted by Gasteiger charge is -2.01. The molecule has 1 amide bonds. The number of allylic oxidation sites excluding steroid dienone is 2. The van der Waals surface area contributed by atoms with E-state index < -0.39 is 11.9 Å². The van der Waals surface area contributed by atoms with E-state index in [4.69, 9.17) is 5.11 Å². The van der Waals surface area contributed by atoms with Gasteiger partial charge in [-0.05, 0) is 20.8 Å². The second-order valence-electron chi connectivity index (χ2n) is 2.72. The number of rotatable bonds is 3. The number of carbonyl (C=O) groups is 2. The van der Waals surface area contributed by atoms with Crippen LogP contribution in [0.3, 0.4) is 0 Å². The van der Waals surface area contributed by atoms with Gasteiger partial charge in [0.05, 0.1) is 0 Å². The normalized spacial score (nSPS) is 10.5. The van der Waals surface area contributed by atoms with E-state index in [1.165, 1.54) is 12.2 Å². The van der Waals surface area contributed by atoms with Gasteiger partial charge in [-0.2, -0.15) is 0 Å². The van der Waals surface area contributed by atoms with E-state index in [1.807, 2.05) is 0 Å². The Hall–Kier alpha value is -1.58. The van der Waals surface area contributed by atoms with Gasteiger partial charge in [0.1, 0.15) is 5.70 Å². The summed E-state index contributed by atoms with van der Waals surface area (Å²) >= 11 is 0. The van der Waals surface area contributed by atoms with Crippen molar-refractivity contribution in [3.05, 3.63) is 23.4 Å². The van der Waals surface area contributed by atoms with E-state index in [2.05, 4.69) is 5.32 Å². The zero-order valence-corrected chi connectivity index (χ0v) is 7.92. The van der Waals surface area contributed by atoms with Gasteiger partial charge >= 0.3 is 5.97 Å². The molecule has 2 N–H and O–H groups in total. The molecule has 4 nitrogen and oxygen atoms in total. The molecule has 0 aromatic heterocycles. The number of nitrogens with one attached hydrogen (secondary N) is 1. The van der Waals surface area contributed by atoms with Crippen molar-refractivity contribution in [2.45, 2.75) is 20.8 Å². The minimum atomic E-state index is -1.14. The Kier molecular flexibility index (Phi) is 4.51. The van der Waals surface area contributed by atoms with E-state index in [0.717, 1.165) is 5.57 Å². The summed E-state index contributed by atoms with van der Waals surface area (Å²) in [4.78, 5) is 21.5. The van der Waals surface area contributed by atoms with Crippen LogP contribution < -0.4 is 5.32 Å². The monoisotopic (exact) mass is 183 g/mol. The molecule has 0 aromatic rings. The minimum Gasteiger partial charge on any atom is -0.477 e. The molecule has 0 bridgehead atoms. The van der Waals surface area contributed by atoms with Gasteiger partial charge < -0.3 is 10.4 Å². The first-order valence-corrected chi connectivity index (χ1v) is 3.83. The Balaban J connectivity index is 4.37. The van der Waals surface area contributed by atoms with Gasteiger partial charge in [0.2, 0.25) is 5.91 Å². The van der Waals surface area contributed by atoms with Crippen molar-refractivity contribution in [3.63, 3.8) is 0 Å². The van der Waals surface area contributed by atoms with Crippen molar-refractivity contribution in [1.29, 1.82) is 0 Å². The van der Waals surface area contributed by atoms with E-state index >= 15 is 0 Å². The topological polar surface area (TPSA) is 66.4 Å². The summed E-state index contributed by atoms with van der Waals surface area (Å²) in [5, 5.41) is 10.8. The van der Waals surface area contributed by atoms with Crippen LogP contribution in [0.4, 0.5) is 0 Å². The first-order chi connectivity index (χ1) is 5.97. The van der Waals surface area contributed by atoms with Crippen LogP contribution in [0, 0.1) is 0 Å². The molecule has 0 rings (SSSR count). The predicted molar refractivity (Wildman–Crippen MR) is 49.0 cm³/mol. The molecule has 0 unspecified atom stereocenters. The van der Waals surface area contributed by atoms with E-state index in [0.29, 0.717) is 0 Å². The van der Waals surface area contributed by atoms with Gasteiger partial charge in [-0.1, -0.05) is 11.6 Å². The van der Waals surface area contributed by atoms with E-state index in [9.17, 15) is 9.59 Å². The number of hydrogen-bond acceptors (Lipinski definition) is 2. The zero-order chi connectivity index (χ0) is 10.4. The van der Waals surface area contributed by atoms with Crippen LogP contribution >= 0.6 is 0 Å². The Morgan fingerprint density at radius 1 is 1.31 bits per heavy atom. The Bertz CT molecular complexity index is 273. The predicted octanol–water partition coefficient (Wildman–Crippen LogP) is 1.06. The van der Waals surface area contributed by atoms with Gasteiger partial charge in [-0.25, -0.2) is 4.79 Å². The summed E-state index contributed by atoms with van der Waals surface area (Å²) in [6.45, 7) is 5.07. The first kappa shape index (κ1) is 11.4. The molecule has 13 heavy (non-hydrogen) atoms. The molecule has 72 valence electrons. The van der Waals surface area contributed by atoms with Crippen LogP contribution in [-0.2, 0) is 9.59 Å². The molecule has 0 fully saturated rings. The van der Waals surface area contributed by atoms with Gasteiger partial charge in [-0.15, -0.1) is 0 Å². The third kappa shape index (κ3) is 4.79. The Labute approximate surface area is 76.9 Å². The third-order valence-corrected chi connectivity index (χ3v) is 1.20. The van der Waals surface area contributed by atoms with Gasteiger partial charge in [0, 0.05) is 6.08 Å². The number of aliphatic carboxylic acids is 1. The Morgan fingerprint density at radius 2 is 1.85 bits per heavy atom. The van der Waals surface area contributed by atoms with Crippen molar-refractivity contribution in [2.24, 2.45) is 0 Å². The maximum atomic E-state index is 11.0. The SMILES string of the molecule is CC=C(NC(=O)C=C(C)C)C(=O)O. The lowest BCUT2D eigenvalue weighted by atomic mass is 10.3. The quantitative estimate of drug-likeness (QED) is 0.643. The molecule has 0 heterocycles. The zero-order valence-electron chi connectivity index (χ0n) is 7.92. The second-order valence-corrected chi connectivity index (χ2v) is 2.72. The average Bonchev–Trinajstić information content (AvgIpc) is 1.98. The van der Waals surface area contributed by atoms with Crippen molar-refractivity contribution in [1.82, 2.24) is 5.32 Å². The van der Waals surface area contributed by atoms with E-state index in [1.54, 1.807) is 20.8 Å². The summed E-state index contributed by atoms with van der Waals surface area (Å²) in [5.74, 6) is -1.56. The largest absolute Gasteiger partial charge is 0.477 e. The number of hydrogen-bond donors (Lipinski definition) is 2. The highest BCUT2D eigenvalue weighted by atomic mass is 16.4. The highest BCUT2D eigenvalue weighted by Crippen LogP contribution is 1.92. The highest BCUT2D eigenvalue weighted by Gasteiger charge is 2.07. The van der Waals surface area contributed by atoms with Crippen LogP contribution in [0.1, 0.15) is 20.8 Å². The minimum absolute atomic E-state index is 0.109. The van der Waals surface area contributed by atoms with Crippen LogP contribution in [0.25, 0.3) is 0 Å². The number of carboxylic acids is 1. The van der Waals surface area contributed by atoms with Crippen LogP contribution in [0.5, 0.6) is 0 Å². The molecule has 0 atom stereocenters. The maximum absolute atomic E-state index is 11.0. The molecular weight excluding hydrogens is 170 g/mol. The lowest BCUT2D eigenvalue weighted by Crippen LogP contribution is -2.25. The lowest BCUT2D eigenvalue weighted by molar-refractivity contribution is -0.134. The molecule has 0 aliphatic heterocycles. The van der Waals surface area contributed by atoms with Crippen molar-refractivity contribution >= 4 is 11.9 Å². The summed E-state index contributed by atoms with van der Waals surface area (Å²) in [5.41, 5.74) is 0.709. The molecule has 4 heteroatoms. The number of carbonyl (C=O) groups excluding carboxylic acids is 1. The standard InChI is InChI=1S/C9H13NO3/c1-4-7(9(12)13)10-8(11)5-6(2)3/h4-5H,1-3H3,(H,10,11)(H,12,13). The highest BCUT2D eigenvalue weighted by molar-refractivity contribution is 5.97. The fourth-order valence-electron chi connectivity index (χ4n) is 0.680. The average molecular weight is 183 g/mol. The van der Waals surface area contributed by atoms with Gasteiger partial charge in [-0.3, -0.25) is 4.79 Å².